The zero-order valence-corrected chi connectivity index (χ0v) is 12.7. The molecule has 1 rings (SSSR count). The molecule has 0 bridgehead atoms. The standard InChI is InChI=1S/C15H27N3O/c1-5-7-8-9-10-12(3)19-15-13(4)14(16-6-2)17-11-18-15/h11-12H,5-10H2,1-4H3,(H,16,17,18). The molecule has 1 unspecified atom stereocenters. The monoisotopic (exact) mass is 265 g/mol. The third kappa shape index (κ3) is 5.45. The van der Waals surface area contributed by atoms with E-state index in [1.54, 1.807) is 6.33 Å². The quantitative estimate of drug-likeness (QED) is 0.687. The van der Waals surface area contributed by atoms with Crippen molar-refractivity contribution in [1.29, 1.82) is 0 Å². The molecule has 0 saturated heterocycles. The van der Waals surface area contributed by atoms with Gasteiger partial charge < -0.3 is 10.1 Å². The van der Waals surface area contributed by atoms with Crippen LogP contribution in [0.15, 0.2) is 6.33 Å². The molecule has 0 radical (unpaired) electrons. The van der Waals surface area contributed by atoms with Crippen molar-refractivity contribution in [2.45, 2.75) is 65.9 Å². The molecule has 0 spiro atoms. The Morgan fingerprint density at radius 3 is 2.68 bits per heavy atom. The molecule has 1 N–H and O–H groups in total. The maximum atomic E-state index is 5.92. The topological polar surface area (TPSA) is 47.0 Å². The van der Waals surface area contributed by atoms with Crippen molar-refractivity contribution in [2.24, 2.45) is 0 Å². The molecule has 108 valence electrons. The molecule has 0 aliphatic carbocycles. The molecule has 0 aliphatic heterocycles. The lowest BCUT2D eigenvalue weighted by Crippen LogP contribution is -2.14. The number of hydrogen-bond donors (Lipinski definition) is 1. The fourth-order valence-corrected chi connectivity index (χ4v) is 2.01. The van der Waals surface area contributed by atoms with E-state index in [1.807, 2.05) is 6.92 Å². The van der Waals surface area contributed by atoms with E-state index in [1.165, 1.54) is 25.7 Å². The summed E-state index contributed by atoms with van der Waals surface area (Å²) in [4.78, 5) is 8.45. The van der Waals surface area contributed by atoms with Crippen molar-refractivity contribution < 1.29 is 4.74 Å². The van der Waals surface area contributed by atoms with Crippen LogP contribution in [-0.4, -0.2) is 22.6 Å². The third-order valence-electron chi connectivity index (χ3n) is 3.16. The Labute approximate surface area is 117 Å². The van der Waals surface area contributed by atoms with E-state index in [0.717, 1.165) is 24.3 Å². The Kier molecular flexibility index (Phi) is 7.23. The predicted octanol–water partition coefficient (Wildman–Crippen LogP) is 3.95. The minimum Gasteiger partial charge on any atom is -0.474 e. The van der Waals surface area contributed by atoms with Crippen molar-refractivity contribution in [3.8, 4) is 5.88 Å². The summed E-state index contributed by atoms with van der Waals surface area (Å²) in [5.74, 6) is 1.57. The maximum absolute atomic E-state index is 5.92. The molecule has 0 aromatic carbocycles. The SMILES string of the molecule is CCCCCCC(C)Oc1ncnc(NCC)c1C. The first-order chi connectivity index (χ1) is 9.19. The van der Waals surface area contributed by atoms with Crippen LogP contribution in [0.2, 0.25) is 0 Å². The molecule has 0 aliphatic rings. The summed E-state index contributed by atoms with van der Waals surface area (Å²) >= 11 is 0. The number of unbranched alkanes of at least 4 members (excludes halogenated alkanes) is 3. The van der Waals surface area contributed by atoms with Crippen LogP contribution in [0.4, 0.5) is 5.82 Å². The summed E-state index contributed by atoms with van der Waals surface area (Å²) in [5.41, 5.74) is 0.991. The van der Waals surface area contributed by atoms with Gasteiger partial charge in [0, 0.05) is 6.54 Å². The van der Waals surface area contributed by atoms with Crippen LogP contribution in [-0.2, 0) is 0 Å². The van der Waals surface area contributed by atoms with Gasteiger partial charge in [0.1, 0.15) is 12.1 Å². The molecule has 1 heterocycles. The highest BCUT2D eigenvalue weighted by Crippen LogP contribution is 2.22. The average Bonchev–Trinajstić information content (AvgIpc) is 2.40. The van der Waals surface area contributed by atoms with Crippen LogP contribution < -0.4 is 10.1 Å². The normalized spacial score (nSPS) is 12.2. The number of aromatic nitrogens is 2. The first kappa shape index (κ1) is 15.7. The lowest BCUT2D eigenvalue weighted by molar-refractivity contribution is 0.196. The molecule has 19 heavy (non-hydrogen) atoms. The van der Waals surface area contributed by atoms with Gasteiger partial charge in [0.2, 0.25) is 5.88 Å². The smallest absolute Gasteiger partial charge is 0.221 e. The molecule has 1 aromatic heterocycles. The van der Waals surface area contributed by atoms with Gasteiger partial charge in [-0.15, -0.1) is 0 Å². The number of ether oxygens (including phenoxy) is 1. The van der Waals surface area contributed by atoms with Gasteiger partial charge >= 0.3 is 0 Å². The van der Waals surface area contributed by atoms with Gasteiger partial charge in [-0.3, -0.25) is 0 Å². The molecule has 0 amide bonds. The summed E-state index contributed by atoms with van der Waals surface area (Å²) in [7, 11) is 0. The van der Waals surface area contributed by atoms with Crippen LogP contribution in [0.25, 0.3) is 0 Å². The zero-order chi connectivity index (χ0) is 14.1. The molecule has 1 aromatic rings. The lowest BCUT2D eigenvalue weighted by atomic mass is 10.1. The molecule has 4 heteroatoms. The Hall–Kier alpha value is -1.32. The van der Waals surface area contributed by atoms with Gasteiger partial charge in [0.25, 0.3) is 0 Å². The Morgan fingerprint density at radius 2 is 2.00 bits per heavy atom. The van der Waals surface area contributed by atoms with Crippen LogP contribution >= 0.6 is 0 Å². The minimum atomic E-state index is 0.208. The van der Waals surface area contributed by atoms with Gasteiger partial charge in [0.05, 0.1) is 11.7 Å². The van der Waals surface area contributed by atoms with Crippen molar-refractivity contribution in [2.75, 3.05) is 11.9 Å². The lowest BCUT2D eigenvalue weighted by Gasteiger charge is -2.16. The number of anilines is 1. The average molecular weight is 265 g/mol. The van der Waals surface area contributed by atoms with E-state index in [-0.39, 0.29) is 6.10 Å². The molecular weight excluding hydrogens is 238 g/mol. The summed E-state index contributed by atoms with van der Waals surface area (Å²) in [6.07, 6.45) is 7.94. The number of nitrogens with zero attached hydrogens (tertiary/aromatic N) is 2. The fourth-order valence-electron chi connectivity index (χ4n) is 2.01. The Bertz CT molecular complexity index is 368. The van der Waals surface area contributed by atoms with Crippen LogP contribution in [0, 0.1) is 6.92 Å². The Balaban J connectivity index is 2.49. The van der Waals surface area contributed by atoms with E-state index < -0.39 is 0 Å². The van der Waals surface area contributed by atoms with Crippen molar-refractivity contribution >= 4 is 5.82 Å². The van der Waals surface area contributed by atoms with E-state index in [9.17, 15) is 0 Å². The highest BCUT2D eigenvalue weighted by molar-refractivity contribution is 5.47. The molecule has 4 nitrogen and oxygen atoms in total. The molecular formula is C15H27N3O. The molecule has 0 fully saturated rings. The second kappa shape index (κ2) is 8.73. The summed E-state index contributed by atoms with van der Waals surface area (Å²) in [6.45, 7) is 9.24. The third-order valence-corrected chi connectivity index (χ3v) is 3.16. The van der Waals surface area contributed by atoms with Gasteiger partial charge in [-0.05, 0) is 33.6 Å². The first-order valence-electron chi connectivity index (χ1n) is 7.41. The van der Waals surface area contributed by atoms with Crippen molar-refractivity contribution in [3.63, 3.8) is 0 Å². The van der Waals surface area contributed by atoms with Gasteiger partial charge in [-0.1, -0.05) is 26.2 Å². The van der Waals surface area contributed by atoms with Crippen molar-refractivity contribution in [1.82, 2.24) is 9.97 Å². The van der Waals surface area contributed by atoms with Crippen molar-refractivity contribution in [3.05, 3.63) is 11.9 Å². The second-order valence-electron chi connectivity index (χ2n) is 4.96. The summed E-state index contributed by atoms with van der Waals surface area (Å²) < 4.78 is 5.92. The molecule has 0 saturated carbocycles. The van der Waals surface area contributed by atoms with E-state index in [0.29, 0.717) is 5.88 Å². The van der Waals surface area contributed by atoms with E-state index in [2.05, 4.69) is 36.1 Å². The highest BCUT2D eigenvalue weighted by Gasteiger charge is 2.11. The maximum Gasteiger partial charge on any atom is 0.221 e. The number of hydrogen-bond acceptors (Lipinski definition) is 4. The van der Waals surface area contributed by atoms with Gasteiger partial charge in [0.15, 0.2) is 0 Å². The first-order valence-corrected chi connectivity index (χ1v) is 7.41. The van der Waals surface area contributed by atoms with E-state index in [4.69, 9.17) is 4.74 Å². The minimum absolute atomic E-state index is 0.208. The number of rotatable bonds is 9. The summed E-state index contributed by atoms with van der Waals surface area (Å²) in [5, 5.41) is 3.22. The van der Waals surface area contributed by atoms with Crippen LogP contribution in [0.3, 0.4) is 0 Å². The summed E-state index contributed by atoms with van der Waals surface area (Å²) in [6, 6.07) is 0. The van der Waals surface area contributed by atoms with Gasteiger partial charge in [-0.25, -0.2) is 9.97 Å². The molecule has 1 atom stereocenters. The largest absolute Gasteiger partial charge is 0.474 e. The Morgan fingerprint density at radius 1 is 1.21 bits per heavy atom. The van der Waals surface area contributed by atoms with E-state index >= 15 is 0 Å². The fraction of sp³-hybridized carbons (Fsp3) is 0.733. The van der Waals surface area contributed by atoms with Crippen LogP contribution in [0.5, 0.6) is 5.88 Å². The predicted molar refractivity (Wildman–Crippen MR) is 79.8 cm³/mol. The highest BCUT2D eigenvalue weighted by atomic mass is 16.5. The van der Waals surface area contributed by atoms with Crippen LogP contribution in [0.1, 0.15) is 58.4 Å². The van der Waals surface area contributed by atoms with Gasteiger partial charge in [-0.2, -0.15) is 0 Å². The second-order valence-corrected chi connectivity index (χ2v) is 4.96. The zero-order valence-electron chi connectivity index (χ0n) is 12.7. The number of nitrogens with one attached hydrogen (secondary N) is 1.